The second kappa shape index (κ2) is 5.03. The van der Waals surface area contributed by atoms with E-state index in [1.165, 1.54) is 0 Å². The molecule has 0 bridgehead atoms. The molecule has 0 aliphatic heterocycles. The van der Waals surface area contributed by atoms with Gasteiger partial charge in [0, 0.05) is 13.2 Å². The van der Waals surface area contributed by atoms with Gasteiger partial charge in [-0.05, 0) is 43.4 Å². The summed E-state index contributed by atoms with van der Waals surface area (Å²) in [6.45, 7) is 5.87. The molecule has 1 N–H and O–H groups in total. The highest BCUT2D eigenvalue weighted by Crippen LogP contribution is 2.10. The molecule has 5 nitrogen and oxygen atoms in total. The molecule has 0 saturated heterocycles. The number of alkyl carbamates (subject to hydrolysis) is 1. The largest absolute Gasteiger partial charge is 0.444 e. The highest BCUT2D eigenvalue weighted by molar-refractivity contribution is 14.1. The smallest absolute Gasteiger partial charge is 0.407 e. The van der Waals surface area contributed by atoms with Crippen molar-refractivity contribution in [3.8, 4) is 0 Å². The van der Waals surface area contributed by atoms with E-state index in [1.807, 2.05) is 34.0 Å². The Balaban J connectivity index is 2.46. The van der Waals surface area contributed by atoms with E-state index in [-0.39, 0.29) is 0 Å². The highest BCUT2D eigenvalue weighted by Gasteiger charge is 2.16. The molecule has 0 unspecified atom stereocenters. The average Bonchev–Trinajstić information content (AvgIpc) is 2.38. The van der Waals surface area contributed by atoms with Gasteiger partial charge in [0.1, 0.15) is 5.60 Å². The Kier molecular flexibility index (Phi) is 4.17. The SMILES string of the molecule is Cn1cc(I)c(CNC(=O)OC(C)(C)C)n1. The zero-order valence-corrected chi connectivity index (χ0v) is 12.0. The lowest BCUT2D eigenvalue weighted by atomic mass is 10.2. The fourth-order valence-corrected chi connectivity index (χ4v) is 1.80. The van der Waals surface area contributed by atoms with Gasteiger partial charge in [-0.2, -0.15) is 5.10 Å². The van der Waals surface area contributed by atoms with E-state index in [2.05, 4.69) is 33.0 Å². The van der Waals surface area contributed by atoms with Crippen LogP contribution in [0.1, 0.15) is 26.5 Å². The normalized spacial score (nSPS) is 11.3. The van der Waals surface area contributed by atoms with Gasteiger partial charge in [0.25, 0.3) is 0 Å². The predicted octanol–water partition coefficient (Wildman–Crippen LogP) is 2.05. The van der Waals surface area contributed by atoms with Gasteiger partial charge in [-0.3, -0.25) is 4.68 Å². The van der Waals surface area contributed by atoms with Crippen LogP contribution in [0.3, 0.4) is 0 Å². The summed E-state index contributed by atoms with van der Waals surface area (Å²) in [5, 5.41) is 6.89. The first-order valence-corrected chi connectivity index (χ1v) is 6.00. The number of rotatable bonds is 2. The highest BCUT2D eigenvalue weighted by atomic mass is 127. The number of amides is 1. The van der Waals surface area contributed by atoms with Gasteiger partial charge in [0.15, 0.2) is 0 Å². The first-order valence-electron chi connectivity index (χ1n) is 4.93. The maximum Gasteiger partial charge on any atom is 0.407 e. The van der Waals surface area contributed by atoms with E-state index in [0.717, 1.165) is 9.26 Å². The molecule has 1 heterocycles. The number of aromatic nitrogens is 2. The molecule has 0 saturated carbocycles. The summed E-state index contributed by atoms with van der Waals surface area (Å²) in [5.74, 6) is 0. The Morgan fingerprint density at radius 2 is 2.25 bits per heavy atom. The standard InChI is InChI=1S/C10H16IN3O2/c1-10(2,3)16-9(15)12-5-8-7(11)6-14(4)13-8/h6H,5H2,1-4H3,(H,12,15). The Morgan fingerprint density at radius 1 is 1.62 bits per heavy atom. The van der Waals surface area contributed by atoms with Crippen LogP contribution < -0.4 is 5.32 Å². The number of carbonyl (C=O) groups excluding carboxylic acids is 1. The topological polar surface area (TPSA) is 56.2 Å². The maximum absolute atomic E-state index is 11.4. The van der Waals surface area contributed by atoms with E-state index in [0.29, 0.717) is 6.54 Å². The lowest BCUT2D eigenvalue weighted by Crippen LogP contribution is -2.32. The minimum Gasteiger partial charge on any atom is -0.444 e. The number of halogens is 1. The summed E-state index contributed by atoms with van der Waals surface area (Å²) in [6, 6.07) is 0. The molecule has 1 rings (SSSR count). The van der Waals surface area contributed by atoms with Crippen LogP contribution in [0, 0.1) is 3.57 Å². The zero-order chi connectivity index (χ0) is 12.3. The molecule has 1 aromatic heterocycles. The summed E-state index contributed by atoms with van der Waals surface area (Å²) in [4.78, 5) is 11.4. The molecule has 0 aliphatic carbocycles. The molecule has 0 aromatic carbocycles. The fraction of sp³-hybridized carbons (Fsp3) is 0.600. The Morgan fingerprint density at radius 3 is 2.69 bits per heavy atom. The molecule has 16 heavy (non-hydrogen) atoms. The van der Waals surface area contributed by atoms with Gasteiger partial charge in [-0.25, -0.2) is 4.79 Å². The molecule has 0 radical (unpaired) electrons. The molecule has 1 amide bonds. The lowest BCUT2D eigenvalue weighted by molar-refractivity contribution is 0.0522. The molecule has 6 heteroatoms. The van der Waals surface area contributed by atoms with E-state index in [9.17, 15) is 4.79 Å². The molecule has 0 spiro atoms. The van der Waals surface area contributed by atoms with Crippen LogP contribution in [0.15, 0.2) is 6.20 Å². The van der Waals surface area contributed by atoms with Crippen molar-refractivity contribution in [2.75, 3.05) is 0 Å². The number of carbonyl (C=O) groups is 1. The monoisotopic (exact) mass is 337 g/mol. The van der Waals surface area contributed by atoms with Gasteiger partial charge in [0.05, 0.1) is 15.8 Å². The third-order valence-electron chi connectivity index (χ3n) is 1.65. The summed E-state index contributed by atoms with van der Waals surface area (Å²) in [6.07, 6.45) is 1.47. The number of nitrogens with one attached hydrogen (secondary N) is 1. The van der Waals surface area contributed by atoms with Crippen LogP contribution in [0.25, 0.3) is 0 Å². The minimum absolute atomic E-state index is 0.383. The quantitative estimate of drug-likeness (QED) is 0.841. The van der Waals surface area contributed by atoms with Crippen molar-refractivity contribution < 1.29 is 9.53 Å². The number of hydrogen-bond acceptors (Lipinski definition) is 3. The van der Waals surface area contributed by atoms with Crippen molar-refractivity contribution in [2.24, 2.45) is 7.05 Å². The molecule has 0 atom stereocenters. The van der Waals surface area contributed by atoms with Crippen molar-refractivity contribution in [1.82, 2.24) is 15.1 Å². The fourth-order valence-electron chi connectivity index (χ4n) is 1.10. The van der Waals surface area contributed by atoms with Crippen LogP contribution >= 0.6 is 22.6 Å². The van der Waals surface area contributed by atoms with Crippen molar-refractivity contribution in [3.05, 3.63) is 15.5 Å². The molecule has 1 aromatic rings. The second-order valence-corrected chi connectivity index (χ2v) is 5.62. The van der Waals surface area contributed by atoms with Crippen molar-refractivity contribution in [2.45, 2.75) is 32.9 Å². The first kappa shape index (κ1) is 13.3. The Hall–Kier alpha value is -0.790. The third-order valence-corrected chi connectivity index (χ3v) is 2.55. The van der Waals surface area contributed by atoms with Gasteiger partial charge in [-0.15, -0.1) is 0 Å². The molecule has 90 valence electrons. The van der Waals surface area contributed by atoms with Crippen LogP contribution in [0.5, 0.6) is 0 Å². The van der Waals surface area contributed by atoms with Gasteiger partial charge < -0.3 is 10.1 Å². The molecule has 0 fully saturated rings. The Bertz CT molecular complexity index is 382. The molecule has 0 aliphatic rings. The number of nitrogens with zero attached hydrogens (tertiary/aromatic N) is 2. The van der Waals surface area contributed by atoms with Crippen LogP contribution in [-0.4, -0.2) is 21.5 Å². The maximum atomic E-state index is 11.4. The van der Waals surface area contributed by atoms with Crippen LogP contribution in [0.2, 0.25) is 0 Å². The summed E-state index contributed by atoms with van der Waals surface area (Å²) in [5.41, 5.74) is 0.371. The van der Waals surface area contributed by atoms with Crippen molar-refractivity contribution in [3.63, 3.8) is 0 Å². The number of ether oxygens (including phenoxy) is 1. The Labute approximate surface area is 109 Å². The van der Waals surface area contributed by atoms with Gasteiger partial charge in [0.2, 0.25) is 0 Å². The van der Waals surface area contributed by atoms with E-state index < -0.39 is 11.7 Å². The summed E-state index contributed by atoms with van der Waals surface area (Å²) < 4.78 is 7.86. The van der Waals surface area contributed by atoms with Crippen molar-refractivity contribution in [1.29, 1.82) is 0 Å². The average molecular weight is 337 g/mol. The summed E-state index contributed by atoms with van der Waals surface area (Å²) in [7, 11) is 1.85. The molecular weight excluding hydrogens is 321 g/mol. The lowest BCUT2D eigenvalue weighted by Gasteiger charge is -2.19. The second-order valence-electron chi connectivity index (χ2n) is 4.45. The first-order chi connectivity index (χ1) is 7.28. The predicted molar refractivity (Wildman–Crippen MR) is 69.0 cm³/mol. The zero-order valence-electron chi connectivity index (χ0n) is 9.87. The van der Waals surface area contributed by atoms with E-state index in [1.54, 1.807) is 4.68 Å². The third kappa shape index (κ3) is 4.38. The van der Waals surface area contributed by atoms with Gasteiger partial charge in [-0.1, -0.05) is 0 Å². The number of aryl methyl sites for hydroxylation is 1. The molecular formula is C10H16IN3O2. The van der Waals surface area contributed by atoms with Crippen LogP contribution in [0.4, 0.5) is 4.79 Å². The van der Waals surface area contributed by atoms with E-state index >= 15 is 0 Å². The van der Waals surface area contributed by atoms with Crippen molar-refractivity contribution >= 4 is 28.7 Å². The van der Waals surface area contributed by atoms with E-state index in [4.69, 9.17) is 4.74 Å². The van der Waals surface area contributed by atoms with Gasteiger partial charge >= 0.3 is 6.09 Å². The minimum atomic E-state index is -0.471. The summed E-state index contributed by atoms with van der Waals surface area (Å²) >= 11 is 2.18. The number of hydrogen-bond donors (Lipinski definition) is 1. The van der Waals surface area contributed by atoms with Crippen LogP contribution in [-0.2, 0) is 18.3 Å².